The standard InChI is InChI=1S/C20H21N5O3/c21-8-13-7-14-9-27-6-5-15(14)22-20(13)23-17-10-28-11-18(17)25-19(26)4-3-16(24-25)12-1-2-12/h3-4,7,12,17-18H,1-2,5-6,9-11H2,(H,22,23). The molecule has 2 atom stereocenters. The normalized spacial score (nSPS) is 23.8. The van der Waals surface area contributed by atoms with Crippen molar-refractivity contribution in [1.82, 2.24) is 14.8 Å². The van der Waals surface area contributed by atoms with E-state index in [0.717, 1.165) is 36.2 Å². The highest BCUT2D eigenvalue weighted by Crippen LogP contribution is 2.38. The summed E-state index contributed by atoms with van der Waals surface area (Å²) in [6, 6.07) is 7.05. The topological polar surface area (TPSA) is 102 Å². The molecule has 0 amide bonds. The smallest absolute Gasteiger partial charge is 0.267 e. The first-order valence-electron chi connectivity index (χ1n) is 9.67. The molecular formula is C20H21N5O3. The maximum atomic E-state index is 12.4. The summed E-state index contributed by atoms with van der Waals surface area (Å²) in [5.74, 6) is 1.00. The summed E-state index contributed by atoms with van der Waals surface area (Å²) in [6.45, 7) is 1.95. The largest absolute Gasteiger partial charge is 0.377 e. The van der Waals surface area contributed by atoms with Crippen LogP contribution in [0.25, 0.3) is 0 Å². The van der Waals surface area contributed by atoms with Crippen molar-refractivity contribution in [2.24, 2.45) is 0 Å². The second-order valence-corrected chi connectivity index (χ2v) is 7.58. The van der Waals surface area contributed by atoms with Crippen LogP contribution in [-0.4, -0.2) is 40.6 Å². The van der Waals surface area contributed by atoms with Crippen molar-refractivity contribution in [3.8, 4) is 6.07 Å². The van der Waals surface area contributed by atoms with Crippen molar-refractivity contribution >= 4 is 5.82 Å². The minimum absolute atomic E-state index is 0.136. The van der Waals surface area contributed by atoms with Crippen LogP contribution in [0.1, 0.15) is 47.3 Å². The number of nitrogens with zero attached hydrogens (tertiary/aromatic N) is 4. The third-order valence-corrected chi connectivity index (χ3v) is 5.58. The molecule has 2 aliphatic heterocycles. The highest BCUT2D eigenvalue weighted by molar-refractivity contribution is 5.55. The summed E-state index contributed by atoms with van der Waals surface area (Å²) < 4.78 is 12.7. The van der Waals surface area contributed by atoms with Gasteiger partial charge in [0.2, 0.25) is 0 Å². The summed E-state index contributed by atoms with van der Waals surface area (Å²) in [5.41, 5.74) is 3.22. The molecule has 1 aliphatic carbocycles. The van der Waals surface area contributed by atoms with Gasteiger partial charge in [-0.15, -0.1) is 0 Å². The Morgan fingerprint density at radius 2 is 2.14 bits per heavy atom. The predicted octanol–water partition coefficient (Wildman–Crippen LogP) is 1.51. The van der Waals surface area contributed by atoms with Crippen molar-refractivity contribution in [3.63, 3.8) is 0 Å². The molecule has 0 aromatic carbocycles. The lowest BCUT2D eigenvalue weighted by Crippen LogP contribution is -2.38. The first-order valence-corrected chi connectivity index (χ1v) is 9.67. The number of anilines is 1. The quantitative estimate of drug-likeness (QED) is 0.859. The highest BCUT2D eigenvalue weighted by atomic mass is 16.5. The number of hydrogen-bond donors (Lipinski definition) is 1. The van der Waals surface area contributed by atoms with Crippen LogP contribution >= 0.6 is 0 Å². The van der Waals surface area contributed by atoms with E-state index in [2.05, 4.69) is 21.5 Å². The maximum Gasteiger partial charge on any atom is 0.267 e. The summed E-state index contributed by atoms with van der Waals surface area (Å²) in [5, 5.41) is 17.5. The molecule has 1 N–H and O–H groups in total. The van der Waals surface area contributed by atoms with Crippen LogP contribution in [0, 0.1) is 11.3 Å². The highest BCUT2D eigenvalue weighted by Gasteiger charge is 2.34. The molecule has 2 aromatic rings. The molecule has 2 fully saturated rings. The van der Waals surface area contributed by atoms with E-state index in [4.69, 9.17) is 9.47 Å². The molecular weight excluding hydrogens is 358 g/mol. The SMILES string of the molecule is N#Cc1cc2c(nc1NC1COCC1n1nc(C3CC3)ccc1=O)CCOC2. The van der Waals surface area contributed by atoms with Gasteiger partial charge in [-0.2, -0.15) is 10.4 Å². The van der Waals surface area contributed by atoms with Gasteiger partial charge in [0, 0.05) is 24.0 Å². The van der Waals surface area contributed by atoms with Gasteiger partial charge in [0.1, 0.15) is 17.9 Å². The molecule has 28 heavy (non-hydrogen) atoms. The zero-order valence-corrected chi connectivity index (χ0v) is 15.4. The average molecular weight is 379 g/mol. The zero-order chi connectivity index (χ0) is 19.1. The number of ether oxygens (including phenoxy) is 2. The van der Waals surface area contributed by atoms with E-state index in [0.29, 0.717) is 43.7 Å². The number of pyridine rings is 1. The van der Waals surface area contributed by atoms with E-state index >= 15 is 0 Å². The molecule has 0 bridgehead atoms. The average Bonchev–Trinajstić information content (AvgIpc) is 3.47. The van der Waals surface area contributed by atoms with Crippen molar-refractivity contribution in [2.45, 2.75) is 43.9 Å². The molecule has 8 nitrogen and oxygen atoms in total. The van der Waals surface area contributed by atoms with Crippen LogP contribution < -0.4 is 10.9 Å². The molecule has 0 radical (unpaired) electrons. The lowest BCUT2D eigenvalue weighted by molar-refractivity contribution is 0.109. The van der Waals surface area contributed by atoms with E-state index in [1.54, 1.807) is 6.07 Å². The van der Waals surface area contributed by atoms with Gasteiger partial charge in [-0.3, -0.25) is 4.79 Å². The molecule has 2 unspecified atom stereocenters. The number of nitriles is 1. The number of fused-ring (bicyclic) bond motifs is 1. The van der Waals surface area contributed by atoms with E-state index in [1.807, 2.05) is 12.1 Å². The van der Waals surface area contributed by atoms with Crippen LogP contribution in [0.4, 0.5) is 5.82 Å². The Labute approximate surface area is 162 Å². The van der Waals surface area contributed by atoms with Crippen molar-refractivity contribution in [2.75, 3.05) is 25.1 Å². The summed E-state index contributed by atoms with van der Waals surface area (Å²) >= 11 is 0. The van der Waals surface area contributed by atoms with Crippen LogP contribution in [0.3, 0.4) is 0 Å². The van der Waals surface area contributed by atoms with Gasteiger partial charge >= 0.3 is 0 Å². The molecule has 0 spiro atoms. The van der Waals surface area contributed by atoms with Gasteiger partial charge in [-0.25, -0.2) is 9.67 Å². The molecule has 4 heterocycles. The zero-order valence-electron chi connectivity index (χ0n) is 15.4. The Bertz CT molecular complexity index is 1010. The lowest BCUT2D eigenvalue weighted by Gasteiger charge is -2.23. The Hall–Kier alpha value is -2.76. The first kappa shape index (κ1) is 17.3. The van der Waals surface area contributed by atoms with Gasteiger partial charge in [0.15, 0.2) is 0 Å². The third-order valence-electron chi connectivity index (χ3n) is 5.58. The van der Waals surface area contributed by atoms with Crippen molar-refractivity contribution in [3.05, 3.63) is 51.1 Å². The second-order valence-electron chi connectivity index (χ2n) is 7.58. The Morgan fingerprint density at radius 1 is 1.25 bits per heavy atom. The Balaban J connectivity index is 1.45. The minimum Gasteiger partial charge on any atom is -0.377 e. The number of aromatic nitrogens is 3. The Kier molecular flexibility index (Phi) is 4.34. The summed E-state index contributed by atoms with van der Waals surface area (Å²) in [7, 11) is 0. The Morgan fingerprint density at radius 3 is 2.96 bits per heavy atom. The van der Waals surface area contributed by atoms with E-state index in [-0.39, 0.29) is 17.6 Å². The van der Waals surface area contributed by atoms with Gasteiger partial charge in [0.05, 0.1) is 49.4 Å². The lowest BCUT2D eigenvalue weighted by atomic mass is 10.1. The first-order chi connectivity index (χ1) is 13.7. The minimum atomic E-state index is -0.237. The monoisotopic (exact) mass is 379 g/mol. The van der Waals surface area contributed by atoms with Crippen LogP contribution in [-0.2, 0) is 22.5 Å². The molecule has 3 aliphatic rings. The van der Waals surface area contributed by atoms with E-state index in [9.17, 15) is 10.1 Å². The molecule has 1 saturated heterocycles. The van der Waals surface area contributed by atoms with Gasteiger partial charge in [0.25, 0.3) is 5.56 Å². The van der Waals surface area contributed by atoms with Crippen molar-refractivity contribution in [1.29, 1.82) is 5.26 Å². The van der Waals surface area contributed by atoms with E-state index in [1.165, 1.54) is 4.68 Å². The number of hydrogen-bond acceptors (Lipinski definition) is 7. The molecule has 144 valence electrons. The van der Waals surface area contributed by atoms with Gasteiger partial charge in [-0.1, -0.05) is 0 Å². The van der Waals surface area contributed by atoms with Gasteiger partial charge in [-0.05, 0) is 25.0 Å². The van der Waals surface area contributed by atoms with E-state index < -0.39 is 0 Å². The van der Waals surface area contributed by atoms with Crippen LogP contribution in [0.15, 0.2) is 23.0 Å². The number of nitrogens with one attached hydrogen (secondary N) is 1. The molecule has 2 aromatic heterocycles. The van der Waals surface area contributed by atoms with Gasteiger partial charge < -0.3 is 14.8 Å². The summed E-state index contributed by atoms with van der Waals surface area (Å²) in [6.07, 6.45) is 2.98. The summed E-state index contributed by atoms with van der Waals surface area (Å²) in [4.78, 5) is 17.1. The fourth-order valence-corrected chi connectivity index (χ4v) is 3.85. The molecule has 5 rings (SSSR count). The molecule has 8 heteroatoms. The fraction of sp³-hybridized carbons (Fsp3) is 0.500. The predicted molar refractivity (Wildman–Crippen MR) is 100 cm³/mol. The van der Waals surface area contributed by atoms with Crippen molar-refractivity contribution < 1.29 is 9.47 Å². The molecule has 1 saturated carbocycles. The van der Waals surface area contributed by atoms with Crippen LogP contribution in [0.2, 0.25) is 0 Å². The second kappa shape index (κ2) is 7.00. The fourth-order valence-electron chi connectivity index (χ4n) is 3.85. The van der Waals surface area contributed by atoms with Crippen LogP contribution in [0.5, 0.6) is 0 Å². The number of rotatable bonds is 4. The maximum absolute atomic E-state index is 12.4. The third kappa shape index (κ3) is 3.17.